The molecule has 0 atom stereocenters. The number of hydrogen-bond acceptors (Lipinski definition) is 7. The van der Waals surface area contributed by atoms with Gasteiger partial charge in [0.2, 0.25) is 0 Å². The number of aliphatic imine (C=N–C) groups is 1. The number of carbonyl (C=O) groups is 1. The number of hydrogen-bond donors (Lipinski definition) is 0. The lowest BCUT2D eigenvalue weighted by atomic mass is 10.4. The van der Waals surface area contributed by atoms with Gasteiger partial charge in [0.05, 0.1) is 11.6 Å². The number of amides is 1. The fourth-order valence-corrected chi connectivity index (χ4v) is 5.48. The molecule has 0 bridgehead atoms. The molecule has 2 aliphatic rings. The molecule has 4 rings (SSSR count). The van der Waals surface area contributed by atoms with Gasteiger partial charge in [-0.25, -0.2) is 9.55 Å². The van der Waals surface area contributed by atoms with Crippen LogP contribution in [0.15, 0.2) is 28.8 Å². The number of rotatable bonds is 2. The lowest BCUT2D eigenvalue weighted by molar-refractivity contribution is -0.653. The van der Waals surface area contributed by atoms with Gasteiger partial charge < -0.3 is 4.90 Å². The maximum absolute atomic E-state index is 12.9. The van der Waals surface area contributed by atoms with E-state index in [1.54, 1.807) is 27.6 Å². The lowest BCUT2D eigenvalue weighted by Crippen LogP contribution is -2.30. The van der Waals surface area contributed by atoms with Gasteiger partial charge in [0.15, 0.2) is 5.82 Å². The summed E-state index contributed by atoms with van der Waals surface area (Å²) in [6.45, 7) is 2.55. The van der Waals surface area contributed by atoms with Crippen molar-refractivity contribution in [1.29, 1.82) is 0 Å². The van der Waals surface area contributed by atoms with Crippen LogP contribution in [0.1, 0.15) is 6.92 Å². The van der Waals surface area contributed by atoms with Gasteiger partial charge in [-0.2, -0.15) is 0 Å². The maximum atomic E-state index is 12.9. The largest absolute Gasteiger partial charge is 0.384 e. The molecule has 2 aliphatic heterocycles. The number of thioether (sulfide) groups is 1. The molecule has 0 unspecified atom stereocenters. The van der Waals surface area contributed by atoms with E-state index in [0.717, 1.165) is 20.1 Å². The van der Waals surface area contributed by atoms with Gasteiger partial charge in [0.25, 0.3) is 11.1 Å². The van der Waals surface area contributed by atoms with E-state index >= 15 is 0 Å². The van der Waals surface area contributed by atoms with Crippen LogP contribution in [0.25, 0.3) is 11.0 Å². The number of anilines is 1. The molecule has 4 heterocycles. The Kier molecular flexibility index (Phi) is 4.22. The first kappa shape index (κ1) is 16.5. The minimum atomic E-state index is -0.0211. The molecular formula is C16H16N5OS3+. The van der Waals surface area contributed by atoms with Gasteiger partial charge in [-0.1, -0.05) is 11.3 Å². The summed E-state index contributed by atoms with van der Waals surface area (Å²) >= 11 is 4.50. The molecular weight excluding hydrogens is 374 g/mol. The van der Waals surface area contributed by atoms with Crippen molar-refractivity contribution in [3.63, 3.8) is 0 Å². The van der Waals surface area contributed by atoms with E-state index in [4.69, 9.17) is 0 Å². The molecule has 9 heteroatoms. The predicted octanol–water partition coefficient (Wildman–Crippen LogP) is 1.16. The Morgan fingerprint density at radius 1 is 1.40 bits per heavy atom. The van der Waals surface area contributed by atoms with Crippen LogP contribution in [0.4, 0.5) is 10.9 Å². The zero-order valence-corrected chi connectivity index (χ0v) is 16.4. The first-order chi connectivity index (χ1) is 12.1. The minimum absolute atomic E-state index is 0.0211. The van der Waals surface area contributed by atoms with Crippen LogP contribution < -0.4 is 18.7 Å². The Bertz CT molecular complexity index is 1030. The van der Waals surface area contributed by atoms with E-state index in [0.29, 0.717) is 16.6 Å². The van der Waals surface area contributed by atoms with Gasteiger partial charge in [-0.15, -0.1) is 11.3 Å². The Morgan fingerprint density at radius 2 is 2.24 bits per heavy atom. The van der Waals surface area contributed by atoms with E-state index in [1.165, 1.54) is 11.8 Å². The van der Waals surface area contributed by atoms with Crippen molar-refractivity contribution in [2.75, 3.05) is 18.5 Å². The highest BCUT2D eigenvalue weighted by Crippen LogP contribution is 2.33. The van der Waals surface area contributed by atoms with Crippen molar-refractivity contribution in [1.82, 2.24) is 9.88 Å². The van der Waals surface area contributed by atoms with Gasteiger partial charge >= 0.3 is 5.13 Å². The number of allylic oxidation sites excluding steroid dienone is 1. The highest BCUT2D eigenvalue weighted by molar-refractivity contribution is 8.23. The van der Waals surface area contributed by atoms with E-state index in [1.807, 2.05) is 60.4 Å². The number of amidine groups is 1. The quantitative estimate of drug-likeness (QED) is 0.723. The maximum Gasteiger partial charge on any atom is 0.384 e. The molecule has 0 aromatic carbocycles. The van der Waals surface area contributed by atoms with E-state index in [-0.39, 0.29) is 5.91 Å². The Labute approximate surface area is 157 Å². The predicted molar refractivity (Wildman–Crippen MR) is 104 cm³/mol. The van der Waals surface area contributed by atoms with Crippen LogP contribution in [0.3, 0.4) is 0 Å². The van der Waals surface area contributed by atoms with Gasteiger partial charge in [-0.05, 0) is 35.8 Å². The molecule has 0 radical (unpaired) electrons. The third-order valence-corrected chi connectivity index (χ3v) is 6.92. The van der Waals surface area contributed by atoms with Crippen molar-refractivity contribution >= 4 is 67.4 Å². The monoisotopic (exact) mass is 390 g/mol. The SMILES string of the molecule is CCN1C(=O)/C(=c2/nc3c(s2)=CC=CN3C)SC1=Nc1scc[n+]1C. The summed E-state index contributed by atoms with van der Waals surface area (Å²) in [4.78, 5) is 26.6. The summed E-state index contributed by atoms with van der Waals surface area (Å²) in [5.74, 6) is 0.869. The third kappa shape index (κ3) is 2.82. The van der Waals surface area contributed by atoms with Crippen molar-refractivity contribution in [2.45, 2.75) is 6.92 Å². The van der Waals surface area contributed by atoms with Gasteiger partial charge in [0, 0.05) is 25.2 Å². The number of nitrogens with zero attached hydrogens (tertiary/aromatic N) is 5. The van der Waals surface area contributed by atoms with Crippen LogP contribution in [-0.4, -0.2) is 34.6 Å². The second-order valence-electron chi connectivity index (χ2n) is 5.50. The fourth-order valence-electron chi connectivity index (χ4n) is 2.53. The Hall–Kier alpha value is -1.97. The molecule has 2 aromatic rings. The van der Waals surface area contributed by atoms with E-state index in [9.17, 15) is 4.79 Å². The van der Waals surface area contributed by atoms with Crippen molar-refractivity contribution in [3.8, 4) is 0 Å². The molecule has 6 nitrogen and oxygen atoms in total. The first-order valence-electron chi connectivity index (χ1n) is 7.72. The summed E-state index contributed by atoms with van der Waals surface area (Å²) < 4.78 is 3.77. The summed E-state index contributed by atoms with van der Waals surface area (Å²) in [5, 5.41) is 3.56. The Balaban J connectivity index is 1.82. The second kappa shape index (κ2) is 6.40. The molecule has 2 aromatic heterocycles. The standard InChI is InChI=1S/C16H16N5OS3/c1-4-21-14(22)11(25-16(21)18-15-20(3)8-9-23-15)13-17-12-10(24-13)6-5-7-19(12)2/h5-9H,4H2,1-3H3/q+1/b13-11+. The fraction of sp³-hybridized carbons (Fsp3) is 0.250. The van der Waals surface area contributed by atoms with Crippen LogP contribution in [0, 0.1) is 0 Å². The molecule has 0 aliphatic carbocycles. The first-order valence-corrected chi connectivity index (χ1v) is 10.2. The van der Waals surface area contributed by atoms with Gasteiger partial charge in [-0.3, -0.25) is 9.69 Å². The molecule has 1 saturated heterocycles. The highest BCUT2D eigenvalue weighted by atomic mass is 32.2. The number of aryl methyl sites for hydroxylation is 1. The number of fused-ring (bicyclic) bond motifs is 1. The van der Waals surface area contributed by atoms with E-state index in [2.05, 4.69) is 9.98 Å². The summed E-state index contributed by atoms with van der Waals surface area (Å²) in [7, 11) is 3.91. The zero-order valence-electron chi connectivity index (χ0n) is 14.0. The van der Waals surface area contributed by atoms with Crippen molar-refractivity contribution in [3.05, 3.63) is 33.0 Å². The summed E-state index contributed by atoms with van der Waals surface area (Å²) in [6.07, 6.45) is 7.93. The molecule has 0 spiro atoms. The molecule has 128 valence electrons. The highest BCUT2D eigenvalue weighted by Gasteiger charge is 2.38. The lowest BCUT2D eigenvalue weighted by Gasteiger charge is -2.11. The van der Waals surface area contributed by atoms with Gasteiger partial charge in [0.1, 0.15) is 15.8 Å². The van der Waals surface area contributed by atoms with Crippen LogP contribution >= 0.6 is 34.4 Å². The van der Waals surface area contributed by atoms with Crippen LogP contribution in [0.2, 0.25) is 0 Å². The smallest absolute Gasteiger partial charge is 0.335 e. The molecule has 1 fully saturated rings. The zero-order chi connectivity index (χ0) is 17.6. The summed E-state index contributed by atoms with van der Waals surface area (Å²) in [5.41, 5.74) is 0. The Morgan fingerprint density at radius 3 is 2.92 bits per heavy atom. The van der Waals surface area contributed by atoms with Crippen molar-refractivity contribution in [2.24, 2.45) is 12.0 Å². The third-order valence-electron chi connectivity index (χ3n) is 3.85. The number of carbonyl (C=O) groups excluding carboxylic acids is 1. The number of thiazole rings is 2. The molecule has 25 heavy (non-hydrogen) atoms. The van der Waals surface area contributed by atoms with Crippen LogP contribution in [0.5, 0.6) is 0 Å². The molecule has 0 saturated carbocycles. The minimum Gasteiger partial charge on any atom is -0.335 e. The average molecular weight is 391 g/mol. The molecule has 0 N–H and O–H groups in total. The summed E-state index contributed by atoms with van der Waals surface area (Å²) in [6, 6.07) is 0. The second-order valence-corrected chi connectivity index (χ2v) is 8.38. The average Bonchev–Trinajstić information content (AvgIpc) is 3.27. The van der Waals surface area contributed by atoms with Crippen LogP contribution in [-0.2, 0) is 11.8 Å². The normalized spacial score (nSPS) is 20.4. The number of aromatic nitrogens is 2. The van der Waals surface area contributed by atoms with Crippen molar-refractivity contribution < 1.29 is 9.36 Å². The molecule has 1 amide bonds. The van der Waals surface area contributed by atoms with E-state index < -0.39 is 0 Å². The topological polar surface area (TPSA) is 52.7 Å².